The first kappa shape index (κ1) is 25.4. The Morgan fingerprint density at radius 3 is 2.44 bits per heavy atom. The predicted molar refractivity (Wildman–Crippen MR) is 139 cm³/mol. The number of piperidine rings is 1. The van der Waals surface area contributed by atoms with Gasteiger partial charge in [0.25, 0.3) is 5.91 Å². The molecule has 3 aromatic rings. The Balaban J connectivity index is 1.31. The molecule has 36 heavy (non-hydrogen) atoms. The van der Waals surface area contributed by atoms with Gasteiger partial charge in [-0.25, -0.2) is 14.8 Å². The molecular weight excluding hydrogens is 480 g/mol. The molecule has 0 atom stereocenters. The van der Waals surface area contributed by atoms with Gasteiger partial charge in [-0.15, -0.1) is 0 Å². The molecule has 0 spiro atoms. The highest BCUT2D eigenvalue weighted by molar-refractivity contribution is 6.32. The molecular formula is C26H29ClN6O3. The number of carbonyl (C=O) groups excluding carboxylic acids is 2. The number of ether oxygens (including phenoxy) is 1. The molecule has 1 aliphatic rings. The summed E-state index contributed by atoms with van der Waals surface area (Å²) in [6.07, 6.45) is 5.98. The van der Waals surface area contributed by atoms with Gasteiger partial charge in [0.15, 0.2) is 0 Å². The second-order valence-corrected chi connectivity index (χ2v) is 9.95. The number of rotatable bonds is 5. The smallest absolute Gasteiger partial charge is 0.412 e. The average Bonchev–Trinajstić information content (AvgIpc) is 2.85. The maximum Gasteiger partial charge on any atom is 0.412 e. The molecule has 0 unspecified atom stereocenters. The summed E-state index contributed by atoms with van der Waals surface area (Å²) >= 11 is 6.29. The van der Waals surface area contributed by atoms with Crippen molar-refractivity contribution in [3.05, 3.63) is 65.6 Å². The molecule has 0 bridgehead atoms. The number of carbonyl (C=O) groups is 2. The number of aromatic nitrogens is 3. The Morgan fingerprint density at radius 1 is 1.08 bits per heavy atom. The summed E-state index contributed by atoms with van der Waals surface area (Å²) in [7, 11) is 0. The lowest BCUT2D eigenvalue weighted by Gasteiger charge is -2.32. The van der Waals surface area contributed by atoms with Gasteiger partial charge in [-0.1, -0.05) is 11.6 Å². The Kier molecular flexibility index (Phi) is 7.69. The summed E-state index contributed by atoms with van der Waals surface area (Å²) in [5.74, 6) is 0.454. The fraction of sp³-hybridized carbons (Fsp3) is 0.346. The molecule has 3 heterocycles. The van der Waals surface area contributed by atoms with Crippen molar-refractivity contribution in [3.8, 4) is 11.3 Å². The monoisotopic (exact) mass is 508 g/mol. The van der Waals surface area contributed by atoms with Gasteiger partial charge in [0.2, 0.25) is 5.95 Å². The van der Waals surface area contributed by atoms with Crippen molar-refractivity contribution in [2.75, 3.05) is 23.7 Å². The number of anilines is 2. The van der Waals surface area contributed by atoms with Gasteiger partial charge in [0.1, 0.15) is 5.60 Å². The van der Waals surface area contributed by atoms with Crippen molar-refractivity contribution in [3.63, 3.8) is 0 Å². The van der Waals surface area contributed by atoms with E-state index in [0.717, 1.165) is 18.4 Å². The highest BCUT2D eigenvalue weighted by atomic mass is 35.5. The molecule has 0 saturated carbocycles. The molecule has 10 heteroatoms. The van der Waals surface area contributed by atoms with Crippen molar-refractivity contribution < 1.29 is 14.3 Å². The van der Waals surface area contributed by atoms with Crippen LogP contribution >= 0.6 is 11.6 Å². The predicted octanol–water partition coefficient (Wildman–Crippen LogP) is 5.26. The Morgan fingerprint density at radius 2 is 1.81 bits per heavy atom. The molecule has 4 rings (SSSR count). The summed E-state index contributed by atoms with van der Waals surface area (Å²) in [5, 5.41) is 6.50. The van der Waals surface area contributed by atoms with Crippen LogP contribution < -0.4 is 10.6 Å². The molecule has 0 aliphatic carbocycles. The van der Waals surface area contributed by atoms with Gasteiger partial charge in [0.05, 0.1) is 16.9 Å². The van der Waals surface area contributed by atoms with Gasteiger partial charge >= 0.3 is 6.09 Å². The van der Waals surface area contributed by atoms with Crippen LogP contribution in [0.25, 0.3) is 11.3 Å². The quantitative estimate of drug-likeness (QED) is 0.484. The number of likely N-dealkylation sites (tertiary alicyclic amines) is 1. The minimum atomic E-state index is -0.581. The number of pyridine rings is 1. The van der Waals surface area contributed by atoms with Crippen LogP contribution in [0.4, 0.5) is 16.4 Å². The third-order valence-electron chi connectivity index (χ3n) is 5.57. The lowest BCUT2D eigenvalue weighted by Crippen LogP contribution is -2.42. The highest BCUT2D eigenvalue weighted by Gasteiger charge is 2.24. The summed E-state index contributed by atoms with van der Waals surface area (Å²) in [5.41, 5.74) is 2.00. The number of benzene rings is 1. The fourth-order valence-electron chi connectivity index (χ4n) is 3.85. The third-order valence-corrected chi connectivity index (χ3v) is 5.85. The van der Waals surface area contributed by atoms with Crippen molar-refractivity contribution in [1.82, 2.24) is 19.9 Å². The van der Waals surface area contributed by atoms with E-state index in [9.17, 15) is 9.59 Å². The Labute approximate surface area is 215 Å². The van der Waals surface area contributed by atoms with E-state index in [1.165, 1.54) is 0 Å². The minimum absolute atomic E-state index is 0.0427. The van der Waals surface area contributed by atoms with E-state index in [0.29, 0.717) is 41.0 Å². The van der Waals surface area contributed by atoms with E-state index in [-0.39, 0.29) is 11.9 Å². The topological polar surface area (TPSA) is 109 Å². The SMILES string of the molecule is CC(C)(C)OC(=O)Nc1ccc(C(=O)N2CCC(Nc3ncc(Cl)c(-c4cccnc4)n3)CC2)cc1. The summed E-state index contributed by atoms with van der Waals surface area (Å²) in [6.45, 7) is 6.62. The molecule has 2 amide bonds. The molecule has 1 fully saturated rings. The van der Waals surface area contributed by atoms with Crippen molar-refractivity contribution in [2.45, 2.75) is 45.3 Å². The molecule has 9 nitrogen and oxygen atoms in total. The Hall–Kier alpha value is -3.72. The van der Waals surface area contributed by atoms with Crippen LogP contribution in [0.1, 0.15) is 44.0 Å². The van der Waals surface area contributed by atoms with E-state index in [2.05, 4.69) is 25.6 Å². The van der Waals surface area contributed by atoms with Crippen molar-refractivity contribution in [1.29, 1.82) is 0 Å². The molecule has 1 saturated heterocycles. The number of hydrogen-bond donors (Lipinski definition) is 2. The van der Waals surface area contributed by atoms with Crippen LogP contribution in [0, 0.1) is 0 Å². The number of nitrogens with zero attached hydrogens (tertiary/aromatic N) is 4. The lowest BCUT2D eigenvalue weighted by atomic mass is 10.0. The van der Waals surface area contributed by atoms with E-state index in [1.807, 2.05) is 17.0 Å². The molecule has 0 radical (unpaired) electrons. The number of nitrogens with one attached hydrogen (secondary N) is 2. The molecule has 2 aromatic heterocycles. The fourth-order valence-corrected chi connectivity index (χ4v) is 4.05. The molecule has 1 aromatic carbocycles. The van der Waals surface area contributed by atoms with E-state index >= 15 is 0 Å². The molecule has 188 valence electrons. The van der Waals surface area contributed by atoms with Gasteiger partial charge < -0.3 is 15.0 Å². The Bertz CT molecular complexity index is 1210. The largest absolute Gasteiger partial charge is 0.444 e. The van der Waals surface area contributed by atoms with Gasteiger partial charge in [-0.3, -0.25) is 15.1 Å². The van der Waals surface area contributed by atoms with E-state index < -0.39 is 11.7 Å². The first-order valence-corrected chi connectivity index (χ1v) is 12.1. The highest BCUT2D eigenvalue weighted by Crippen LogP contribution is 2.26. The van der Waals surface area contributed by atoms with Crippen molar-refractivity contribution >= 4 is 35.2 Å². The lowest BCUT2D eigenvalue weighted by molar-refractivity contribution is 0.0635. The van der Waals surface area contributed by atoms with Crippen molar-refractivity contribution in [2.24, 2.45) is 0 Å². The number of hydrogen-bond acceptors (Lipinski definition) is 7. The average molecular weight is 509 g/mol. The van der Waals surface area contributed by atoms with Crippen LogP contribution in [-0.2, 0) is 4.74 Å². The standard InChI is InChI=1S/C26H29ClN6O3/c1-26(2,3)36-25(35)31-19-8-6-17(7-9-19)23(34)33-13-10-20(11-14-33)30-24-29-16-21(27)22(32-24)18-5-4-12-28-15-18/h4-9,12,15-16,20H,10-11,13-14H2,1-3H3,(H,31,35)(H,29,30,32). The molecule has 1 aliphatic heterocycles. The zero-order valence-corrected chi connectivity index (χ0v) is 21.2. The van der Waals surface area contributed by atoms with Crippen LogP contribution in [0.2, 0.25) is 5.02 Å². The van der Waals surface area contributed by atoms with Crippen LogP contribution in [0.15, 0.2) is 55.0 Å². The van der Waals surface area contributed by atoms with Crippen LogP contribution in [0.5, 0.6) is 0 Å². The van der Waals surface area contributed by atoms with E-state index in [1.54, 1.807) is 63.6 Å². The van der Waals surface area contributed by atoms with Gasteiger partial charge in [-0.2, -0.15) is 0 Å². The van der Waals surface area contributed by atoms with Gasteiger partial charge in [-0.05, 0) is 70.0 Å². The zero-order chi connectivity index (χ0) is 25.7. The second kappa shape index (κ2) is 10.9. The number of amides is 2. The van der Waals surface area contributed by atoms with Crippen LogP contribution in [0.3, 0.4) is 0 Å². The minimum Gasteiger partial charge on any atom is -0.444 e. The summed E-state index contributed by atoms with van der Waals surface area (Å²) in [4.78, 5) is 39.7. The van der Waals surface area contributed by atoms with Gasteiger partial charge in [0, 0.05) is 48.3 Å². The maximum absolute atomic E-state index is 13.0. The third kappa shape index (κ3) is 6.69. The molecule has 2 N–H and O–H groups in total. The van der Waals surface area contributed by atoms with E-state index in [4.69, 9.17) is 16.3 Å². The summed E-state index contributed by atoms with van der Waals surface area (Å²) in [6, 6.07) is 10.7. The maximum atomic E-state index is 13.0. The normalized spacial score (nSPS) is 14.3. The zero-order valence-electron chi connectivity index (χ0n) is 20.5. The second-order valence-electron chi connectivity index (χ2n) is 9.55. The summed E-state index contributed by atoms with van der Waals surface area (Å²) < 4.78 is 5.25. The first-order chi connectivity index (χ1) is 17.2. The van der Waals surface area contributed by atoms with Crippen LogP contribution in [-0.4, -0.2) is 56.6 Å². The first-order valence-electron chi connectivity index (χ1n) is 11.8. The number of halogens is 1.